The first-order valence-electron chi connectivity index (χ1n) is 9.01. The monoisotopic (exact) mass is 393 g/mol. The van der Waals surface area contributed by atoms with Crippen molar-refractivity contribution < 1.29 is 8.78 Å². The van der Waals surface area contributed by atoms with Gasteiger partial charge in [-0.3, -0.25) is 0 Å². The minimum atomic E-state index is -0.624. The summed E-state index contributed by atoms with van der Waals surface area (Å²) in [4.78, 5) is 26.2. The Balaban J connectivity index is 1.90. The second-order valence-corrected chi connectivity index (χ2v) is 6.53. The number of aromatic nitrogens is 3. The lowest BCUT2D eigenvalue weighted by Gasteiger charge is -2.11. The molecule has 0 aliphatic heterocycles. The maximum Gasteiger partial charge on any atom is 0.352 e. The second-order valence-electron chi connectivity index (χ2n) is 6.53. The van der Waals surface area contributed by atoms with Gasteiger partial charge in [0.25, 0.3) is 0 Å². The van der Waals surface area contributed by atoms with E-state index < -0.39 is 23.0 Å². The van der Waals surface area contributed by atoms with E-state index in [0.717, 1.165) is 13.9 Å². The summed E-state index contributed by atoms with van der Waals surface area (Å²) in [7, 11) is 0. The topological polar surface area (TPSA) is 48.9 Å². The van der Waals surface area contributed by atoms with Crippen molar-refractivity contribution in [2.24, 2.45) is 0 Å². The van der Waals surface area contributed by atoms with Gasteiger partial charge in [-0.15, -0.1) is 0 Å². The van der Waals surface area contributed by atoms with Gasteiger partial charge in [-0.2, -0.15) is 0 Å². The molecule has 0 aliphatic carbocycles. The van der Waals surface area contributed by atoms with E-state index in [-0.39, 0.29) is 24.2 Å². The average molecular weight is 393 g/mol. The third kappa shape index (κ3) is 3.54. The molecule has 0 amide bonds. The molecular formula is C22H17F2N3O2. The zero-order valence-corrected chi connectivity index (χ0v) is 15.3. The highest BCUT2D eigenvalue weighted by atomic mass is 19.1. The van der Waals surface area contributed by atoms with Crippen LogP contribution in [0.25, 0.3) is 5.69 Å². The zero-order chi connectivity index (χ0) is 20.4. The smallest absolute Gasteiger partial charge is 0.245 e. The third-order valence-electron chi connectivity index (χ3n) is 4.69. The lowest BCUT2D eigenvalue weighted by atomic mass is 10.2. The summed E-state index contributed by atoms with van der Waals surface area (Å²) < 4.78 is 31.7. The largest absolute Gasteiger partial charge is 0.352 e. The maximum absolute atomic E-state index is 14.2. The Kier molecular flexibility index (Phi) is 4.95. The van der Waals surface area contributed by atoms with E-state index in [1.54, 1.807) is 66.7 Å². The first kappa shape index (κ1) is 18.6. The van der Waals surface area contributed by atoms with Crippen molar-refractivity contribution in [1.82, 2.24) is 13.9 Å². The molecular weight excluding hydrogens is 376 g/mol. The van der Waals surface area contributed by atoms with Crippen LogP contribution in [0.3, 0.4) is 0 Å². The molecule has 0 saturated heterocycles. The van der Waals surface area contributed by atoms with E-state index in [0.29, 0.717) is 5.69 Å². The van der Waals surface area contributed by atoms with E-state index >= 15 is 0 Å². The fraction of sp³-hybridized carbons (Fsp3) is 0.0909. The normalized spacial score (nSPS) is 11.0. The summed E-state index contributed by atoms with van der Waals surface area (Å²) in [6.45, 7) is -0.315. The van der Waals surface area contributed by atoms with Crippen LogP contribution in [-0.4, -0.2) is 13.9 Å². The summed E-state index contributed by atoms with van der Waals surface area (Å²) in [5.74, 6) is -0.978. The fourth-order valence-corrected chi connectivity index (χ4v) is 3.20. The zero-order valence-electron chi connectivity index (χ0n) is 15.3. The fourth-order valence-electron chi connectivity index (χ4n) is 3.20. The molecule has 5 nitrogen and oxygen atoms in total. The predicted octanol–water partition coefficient (Wildman–Crippen LogP) is 3.18. The van der Waals surface area contributed by atoms with Gasteiger partial charge in [0.1, 0.15) is 11.6 Å². The Hall–Kier alpha value is -3.74. The minimum absolute atomic E-state index is 0.158. The Morgan fingerprint density at radius 3 is 1.45 bits per heavy atom. The first-order chi connectivity index (χ1) is 14.1. The number of hydrogen-bond acceptors (Lipinski definition) is 2. The first-order valence-corrected chi connectivity index (χ1v) is 9.01. The highest BCUT2D eigenvalue weighted by molar-refractivity contribution is 5.31. The molecule has 0 unspecified atom stereocenters. The molecule has 7 heteroatoms. The van der Waals surface area contributed by atoms with Crippen molar-refractivity contribution in [1.29, 1.82) is 0 Å². The third-order valence-corrected chi connectivity index (χ3v) is 4.69. The van der Waals surface area contributed by atoms with Crippen LogP contribution in [-0.2, 0) is 13.1 Å². The Labute approximate surface area is 164 Å². The van der Waals surface area contributed by atoms with Crippen LogP contribution in [0.5, 0.6) is 0 Å². The number of rotatable bonds is 5. The van der Waals surface area contributed by atoms with Crippen LogP contribution < -0.4 is 11.4 Å². The van der Waals surface area contributed by atoms with Crippen molar-refractivity contribution in [2.45, 2.75) is 13.1 Å². The predicted molar refractivity (Wildman–Crippen MR) is 105 cm³/mol. The Morgan fingerprint density at radius 1 is 0.586 bits per heavy atom. The van der Waals surface area contributed by atoms with E-state index in [1.165, 1.54) is 12.1 Å². The lowest BCUT2D eigenvalue weighted by Crippen LogP contribution is -2.28. The van der Waals surface area contributed by atoms with Crippen molar-refractivity contribution >= 4 is 0 Å². The Morgan fingerprint density at radius 2 is 1.00 bits per heavy atom. The SMILES string of the molecule is O=c1n(-c2ccccc2)c(=O)n(Cc2ccccc2F)n1Cc1ccccc1F. The van der Waals surface area contributed by atoms with Crippen molar-refractivity contribution in [3.63, 3.8) is 0 Å². The van der Waals surface area contributed by atoms with Gasteiger partial charge in [0.05, 0.1) is 18.8 Å². The molecule has 0 fully saturated rings. The van der Waals surface area contributed by atoms with Crippen LogP contribution in [0, 0.1) is 11.6 Å². The molecule has 0 radical (unpaired) electrons. The van der Waals surface area contributed by atoms with Crippen LogP contribution >= 0.6 is 0 Å². The minimum Gasteiger partial charge on any atom is -0.245 e. The average Bonchev–Trinajstić information content (AvgIpc) is 2.96. The summed E-state index contributed by atoms with van der Waals surface area (Å²) >= 11 is 0. The Bertz CT molecular complexity index is 1190. The summed E-state index contributed by atoms with van der Waals surface area (Å²) in [6, 6.07) is 20.5. The standard InChI is InChI=1S/C22H17F2N3O2/c23-19-12-6-4-8-16(19)14-25-21(28)27(18-10-2-1-3-11-18)22(29)26(25)15-17-9-5-7-13-20(17)24/h1-13H,14-15H2. The van der Waals surface area contributed by atoms with Crippen LogP contribution in [0.1, 0.15) is 11.1 Å². The van der Waals surface area contributed by atoms with Gasteiger partial charge in [-0.05, 0) is 24.3 Å². The van der Waals surface area contributed by atoms with Gasteiger partial charge in [0, 0.05) is 11.1 Å². The molecule has 0 atom stereocenters. The highest BCUT2D eigenvalue weighted by Crippen LogP contribution is 2.11. The van der Waals surface area contributed by atoms with Crippen LogP contribution in [0.15, 0.2) is 88.5 Å². The molecule has 1 heterocycles. The molecule has 29 heavy (non-hydrogen) atoms. The molecule has 0 N–H and O–H groups in total. The van der Waals surface area contributed by atoms with Crippen molar-refractivity contribution in [2.75, 3.05) is 0 Å². The summed E-state index contributed by atoms with van der Waals surface area (Å²) in [5, 5.41) is 0. The highest BCUT2D eigenvalue weighted by Gasteiger charge is 2.19. The van der Waals surface area contributed by atoms with Crippen molar-refractivity contribution in [3.05, 3.63) is 123 Å². The molecule has 0 bridgehead atoms. The van der Waals surface area contributed by atoms with Gasteiger partial charge in [0.2, 0.25) is 0 Å². The number of hydrogen-bond donors (Lipinski definition) is 0. The van der Waals surface area contributed by atoms with Crippen LogP contribution in [0.2, 0.25) is 0 Å². The van der Waals surface area contributed by atoms with Gasteiger partial charge in [0.15, 0.2) is 0 Å². The quantitative estimate of drug-likeness (QED) is 0.523. The van der Waals surface area contributed by atoms with E-state index in [2.05, 4.69) is 0 Å². The lowest BCUT2D eigenvalue weighted by molar-refractivity contribution is 0.469. The number of halogens is 2. The molecule has 0 saturated carbocycles. The van der Waals surface area contributed by atoms with Gasteiger partial charge in [-0.25, -0.2) is 32.3 Å². The summed E-state index contributed by atoms with van der Waals surface area (Å²) in [6.07, 6.45) is 0. The molecule has 4 aromatic rings. The second kappa shape index (κ2) is 7.71. The van der Waals surface area contributed by atoms with Gasteiger partial charge in [-0.1, -0.05) is 54.6 Å². The van der Waals surface area contributed by atoms with Crippen LogP contribution in [0.4, 0.5) is 8.78 Å². The molecule has 146 valence electrons. The maximum atomic E-state index is 14.2. The molecule has 4 rings (SSSR count). The molecule has 1 aromatic heterocycles. The number of nitrogens with zero attached hydrogens (tertiary/aromatic N) is 3. The summed E-state index contributed by atoms with van der Waals surface area (Å²) in [5.41, 5.74) is -0.358. The molecule has 0 spiro atoms. The number of benzene rings is 3. The number of para-hydroxylation sites is 1. The van der Waals surface area contributed by atoms with E-state index in [4.69, 9.17) is 0 Å². The van der Waals surface area contributed by atoms with E-state index in [9.17, 15) is 18.4 Å². The molecule has 3 aromatic carbocycles. The molecule has 0 aliphatic rings. The van der Waals surface area contributed by atoms with Gasteiger partial charge < -0.3 is 0 Å². The van der Waals surface area contributed by atoms with E-state index in [1.807, 2.05) is 0 Å². The van der Waals surface area contributed by atoms with Crippen molar-refractivity contribution in [3.8, 4) is 5.69 Å². The van der Waals surface area contributed by atoms with Gasteiger partial charge >= 0.3 is 11.4 Å².